The van der Waals surface area contributed by atoms with Crippen LogP contribution in [0.2, 0.25) is 0 Å². The van der Waals surface area contributed by atoms with Crippen molar-refractivity contribution >= 4 is 29.3 Å². The number of rotatable bonds is 8. The lowest BCUT2D eigenvalue weighted by Gasteiger charge is -2.33. The van der Waals surface area contributed by atoms with E-state index in [2.05, 4.69) is 0 Å². The molecule has 1 aliphatic heterocycles. The van der Waals surface area contributed by atoms with E-state index in [-0.39, 0.29) is 29.4 Å². The summed E-state index contributed by atoms with van der Waals surface area (Å²) in [6.45, 7) is 1.24. The number of amides is 1. The average molecular weight is 448 g/mol. The number of likely N-dealkylation sites (tertiary alicyclic amines) is 1. The Bertz CT molecular complexity index is 952. The Hall–Kier alpha value is -3.01. The third-order valence-corrected chi connectivity index (χ3v) is 6.31. The van der Waals surface area contributed by atoms with Gasteiger partial charge in [0.05, 0.1) is 24.9 Å². The van der Waals surface area contributed by atoms with Crippen LogP contribution >= 0.6 is 11.8 Å². The summed E-state index contributed by atoms with van der Waals surface area (Å²) in [5, 5.41) is 11.1. The number of aromatic nitrogens is 1. The van der Waals surface area contributed by atoms with Crippen molar-refractivity contribution in [1.82, 2.24) is 9.47 Å². The molecule has 31 heavy (non-hydrogen) atoms. The van der Waals surface area contributed by atoms with E-state index in [1.807, 2.05) is 21.7 Å². The summed E-state index contributed by atoms with van der Waals surface area (Å²) in [7, 11) is 2.76. The topological polar surface area (TPSA) is 104 Å². The average Bonchev–Trinajstić information content (AvgIpc) is 3.28. The Morgan fingerprint density at radius 3 is 2.61 bits per heavy atom. The van der Waals surface area contributed by atoms with Crippen LogP contribution in [-0.4, -0.2) is 59.3 Å². The fraction of sp³-hybridized carbons (Fsp3) is 0.429. The van der Waals surface area contributed by atoms with E-state index >= 15 is 0 Å². The summed E-state index contributed by atoms with van der Waals surface area (Å²) < 4.78 is 11.8. The highest BCUT2D eigenvalue weighted by molar-refractivity contribution is 7.99. The summed E-state index contributed by atoms with van der Waals surface area (Å²) in [5.41, 5.74) is 1.22. The molecule has 1 amide bonds. The van der Waals surface area contributed by atoms with E-state index < -0.39 is 4.92 Å². The van der Waals surface area contributed by atoms with Gasteiger partial charge in [-0.2, -0.15) is 0 Å². The largest absolute Gasteiger partial charge is 0.490 e. The van der Waals surface area contributed by atoms with Crippen LogP contribution in [0.5, 0.6) is 5.75 Å². The Morgan fingerprint density at radius 2 is 1.97 bits per heavy atom. The fourth-order valence-electron chi connectivity index (χ4n) is 3.70. The predicted molar refractivity (Wildman–Crippen MR) is 116 cm³/mol. The number of nitrogens with zero attached hydrogens (tertiary/aromatic N) is 3. The third-order valence-electron chi connectivity index (χ3n) is 5.32. The standard InChI is InChI=1S/C21H25N3O6S/c1-29-19-6-5-15(12-18(19)24(27)28)13-31-14-20(25)22-10-7-16(8-11-22)23-9-3-4-17(23)21(26)30-2/h3-6,9,12,16H,7-8,10-11,13-14H2,1-2H3. The number of benzene rings is 1. The molecule has 0 saturated carbocycles. The maximum atomic E-state index is 12.6. The van der Waals surface area contributed by atoms with Crippen molar-refractivity contribution in [2.24, 2.45) is 0 Å². The molecule has 0 bridgehead atoms. The second-order valence-corrected chi connectivity index (χ2v) is 8.15. The first-order chi connectivity index (χ1) is 14.9. The Morgan fingerprint density at radius 1 is 1.23 bits per heavy atom. The number of methoxy groups -OCH3 is 2. The lowest BCUT2D eigenvalue weighted by molar-refractivity contribution is -0.385. The van der Waals surface area contributed by atoms with Gasteiger partial charge in [-0.15, -0.1) is 11.8 Å². The van der Waals surface area contributed by atoms with Gasteiger partial charge in [-0.1, -0.05) is 6.07 Å². The van der Waals surface area contributed by atoms with E-state index in [9.17, 15) is 19.7 Å². The lowest BCUT2D eigenvalue weighted by Crippen LogP contribution is -2.40. The molecule has 0 atom stereocenters. The van der Waals surface area contributed by atoms with Crippen LogP contribution in [0.4, 0.5) is 5.69 Å². The van der Waals surface area contributed by atoms with Gasteiger partial charge in [0.1, 0.15) is 5.69 Å². The molecular formula is C21H25N3O6S. The Balaban J connectivity index is 1.49. The number of esters is 1. The maximum Gasteiger partial charge on any atom is 0.354 e. The van der Waals surface area contributed by atoms with E-state index in [0.29, 0.717) is 30.3 Å². The number of hydrogen-bond donors (Lipinski definition) is 0. The number of thioether (sulfide) groups is 1. The zero-order valence-corrected chi connectivity index (χ0v) is 18.3. The number of carbonyl (C=O) groups is 2. The van der Waals surface area contributed by atoms with Crippen molar-refractivity contribution in [3.63, 3.8) is 0 Å². The maximum absolute atomic E-state index is 12.6. The molecule has 1 aliphatic rings. The summed E-state index contributed by atoms with van der Waals surface area (Å²) in [6, 6.07) is 8.54. The van der Waals surface area contributed by atoms with E-state index in [0.717, 1.165) is 18.4 Å². The molecule has 166 valence electrons. The van der Waals surface area contributed by atoms with Gasteiger partial charge >= 0.3 is 11.7 Å². The first kappa shape index (κ1) is 22.7. The monoisotopic (exact) mass is 447 g/mol. The van der Waals surface area contributed by atoms with Gasteiger partial charge in [0.15, 0.2) is 5.75 Å². The number of nitro groups is 1. The minimum atomic E-state index is -0.474. The third kappa shape index (κ3) is 5.38. The van der Waals surface area contributed by atoms with Gasteiger partial charge in [0.2, 0.25) is 5.91 Å². The number of hydrogen-bond acceptors (Lipinski definition) is 7. The predicted octanol–water partition coefficient (Wildman–Crippen LogP) is 3.29. The van der Waals surface area contributed by atoms with E-state index in [1.54, 1.807) is 18.2 Å². The SMILES string of the molecule is COC(=O)c1cccn1C1CCN(C(=O)CSCc2ccc(OC)c([N+](=O)[O-])c2)CC1. The van der Waals surface area contributed by atoms with Crippen LogP contribution < -0.4 is 4.74 Å². The molecule has 10 heteroatoms. The highest BCUT2D eigenvalue weighted by atomic mass is 32.2. The minimum Gasteiger partial charge on any atom is -0.490 e. The smallest absolute Gasteiger partial charge is 0.354 e. The number of ether oxygens (including phenoxy) is 2. The van der Waals surface area contributed by atoms with Crippen molar-refractivity contribution in [3.05, 3.63) is 57.9 Å². The first-order valence-electron chi connectivity index (χ1n) is 9.86. The van der Waals surface area contributed by atoms with Crippen molar-refractivity contribution in [1.29, 1.82) is 0 Å². The molecule has 0 aliphatic carbocycles. The van der Waals surface area contributed by atoms with Crippen LogP contribution in [0.3, 0.4) is 0 Å². The fourth-order valence-corrected chi connectivity index (χ4v) is 4.57. The van der Waals surface area contributed by atoms with Gasteiger partial charge in [-0.3, -0.25) is 14.9 Å². The van der Waals surface area contributed by atoms with Crippen LogP contribution in [-0.2, 0) is 15.3 Å². The molecule has 9 nitrogen and oxygen atoms in total. The van der Waals surface area contributed by atoms with Gasteiger partial charge in [-0.05, 0) is 36.6 Å². The Kier molecular flexibility index (Phi) is 7.56. The summed E-state index contributed by atoms with van der Waals surface area (Å²) in [5.74, 6) is 0.710. The zero-order chi connectivity index (χ0) is 22.4. The van der Waals surface area contributed by atoms with E-state index in [4.69, 9.17) is 9.47 Å². The van der Waals surface area contributed by atoms with Crippen LogP contribution in [0, 0.1) is 10.1 Å². The first-order valence-corrected chi connectivity index (χ1v) is 11.0. The number of nitro benzene ring substituents is 1. The second-order valence-electron chi connectivity index (χ2n) is 7.16. The van der Waals surface area contributed by atoms with Gasteiger partial charge < -0.3 is 18.9 Å². The number of piperidine rings is 1. The molecule has 1 aromatic heterocycles. The summed E-state index contributed by atoms with van der Waals surface area (Å²) >= 11 is 1.43. The van der Waals surface area contributed by atoms with Crippen molar-refractivity contribution in [2.75, 3.05) is 33.1 Å². The van der Waals surface area contributed by atoms with Crippen LogP contribution in [0.1, 0.15) is 34.9 Å². The van der Waals surface area contributed by atoms with Crippen molar-refractivity contribution < 1.29 is 24.0 Å². The van der Waals surface area contributed by atoms with Gasteiger partial charge in [0, 0.05) is 37.1 Å². The number of carbonyl (C=O) groups excluding carboxylic acids is 2. The minimum absolute atomic E-state index is 0.0483. The molecule has 2 aromatic rings. The molecule has 1 aromatic carbocycles. The van der Waals surface area contributed by atoms with Gasteiger partial charge in [-0.25, -0.2) is 4.79 Å². The molecule has 1 saturated heterocycles. The molecule has 3 rings (SSSR count). The molecule has 0 spiro atoms. The Labute approximate surface area is 184 Å². The molecule has 0 N–H and O–H groups in total. The molecule has 1 fully saturated rings. The quantitative estimate of drug-likeness (QED) is 0.347. The molecular weight excluding hydrogens is 422 g/mol. The highest BCUT2D eigenvalue weighted by Gasteiger charge is 2.26. The normalized spacial score (nSPS) is 14.3. The molecule has 2 heterocycles. The van der Waals surface area contributed by atoms with E-state index in [1.165, 1.54) is 32.0 Å². The van der Waals surface area contributed by atoms with Gasteiger partial charge in [0.25, 0.3) is 0 Å². The summed E-state index contributed by atoms with van der Waals surface area (Å²) in [6.07, 6.45) is 3.40. The van der Waals surface area contributed by atoms with Crippen LogP contribution in [0.25, 0.3) is 0 Å². The molecule has 0 radical (unpaired) electrons. The lowest BCUT2D eigenvalue weighted by atomic mass is 10.0. The van der Waals surface area contributed by atoms with Crippen molar-refractivity contribution in [2.45, 2.75) is 24.6 Å². The van der Waals surface area contributed by atoms with Crippen LogP contribution in [0.15, 0.2) is 36.5 Å². The summed E-state index contributed by atoms with van der Waals surface area (Å²) in [4.78, 5) is 37.0. The second kappa shape index (κ2) is 10.3. The molecule has 0 unspecified atom stereocenters. The highest BCUT2D eigenvalue weighted by Crippen LogP contribution is 2.29. The zero-order valence-electron chi connectivity index (χ0n) is 17.5. The van der Waals surface area contributed by atoms with Crippen molar-refractivity contribution in [3.8, 4) is 5.75 Å².